The topological polar surface area (TPSA) is 135 Å². The van der Waals surface area contributed by atoms with Crippen molar-refractivity contribution in [2.24, 2.45) is 4.99 Å². The van der Waals surface area contributed by atoms with E-state index in [9.17, 15) is 19.5 Å². The molecule has 0 amide bonds. The second-order valence-corrected chi connectivity index (χ2v) is 11.7. The molecule has 1 aliphatic heterocycles. The van der Waals surface area contributed by atoms with E-state index in [-0.39, 0.29) is 29.9 Å². The monoisotopic (exact) mass is 672 g/mol. The maximum atomic E-state index is 14.2. The SMILES string of the molecule is CCCC1=C(C(=O)OCC)[C@@H](c2cc(OC)ccc2OC)n2c(s/c(=C\c3ccc(OCc4cccc(C(=O)O)c4)c(OC)c3)c2=O)=N1. The summed E-state index contributed by atoms with van der Waals surface area (Å²) in [5.74, 6) is 0.324. The molecule has 0 bridgehead atoms. The zero-order valence-electron chi connectivity index (χ0n) is 27.3. The quantitative estimate of drug-likeness (QED) is 0.197. The molecule has 2 heterocycles. The minimum Gasteiger partial charge on any atom is -0.497 e. The highest BCUT2D eigenvalue weighted by Gasteiger charge is 2.36. The highest BCUT2D eigenvalue weighted by molar-refractivity contribution is 7.07. The van der Waals surface area contributed by atoms with Crippen molar-refractivity contribution in [3.8, 4) is 23.0 Å². The van der Waals surface area contributed by atoms with Crippen molar-refractivity contribution < 1.29 is 38.4 Å². The van der Waals surface area contributed by atoms with Gasteiger partial charge in [0.05, 0.1) is 49.3 Å². The van der Waals surface area contributed by atoms with E-state index in [4.69, 9.17) is 28.7 Å². The Labute approximate surface area is 281 Å². The molecule has 1 N–H and O–H groups in total. The van der Waals surface area contributed by atoms with E-state index in [2.05, 4.69) is 0 Å². The molecule has 3 aromatic carbocycles. The Hall–Kier alpha value is -5.36. The van der Waals surface area contributed by atoms with Gasteiger partial charge in [-0.2, -0.15) is 0 Å². The van der Waals surface area contributed by atoms with Crippen molar-refractivity contribution in [2.45, 2.75) is 39.3 Å². The zero-order chi connectivity index (χ0) is 34.4. The van der Waals surface area contributed by atoms with Crippen LogP contribution in [-0.2, 0) is 16.1 Å². The number of carbonyl (C=O) groups excluding carboxylic acids is 1. The van der Waals surface area contributed by atoms with Crippen molar-refractivity contribution in [2.75, 3.05) is 27.9 Å². The molecule has 1 aliphatic rings. The molecular formula is C36H36N2O9S. The van der Waals surface area contributed by atoms with Gasteiger partial charge in [0, 0.05) is 5.56 Å². The maximum absolute atomic E-state index is 14.2. The van der Waals surface area contributed by atoms with E-state index < -0.39 is 18.0 Å². The smallest absolute Gasteiger partial charge is 0.338 e. The van der Waals surface area contributed by atoms with E-state index in [0.717, 1.165) is 6.42 Å². The minimum absolute atomic E-state index is 0.131. The summed E-state index contributed by atoms with van der Waals surface area (Å²) in [4.78, 5) is 44.4. The van der Waals surface area contributed by atoms with Crippen LogP contribution in [0.25, 0.3) is 6.08 Å². The van der Waals surface area contributed by atoms with Crippen LogP contribution in [0.15, 0.2) is 81.7 Å². The van der Waals surface area contributed by atoms with Crippen molar-refractivity contribution in [3.05, 3.63) is 114 Å². The highest BCUT2D eigenvalue weighted by Crippen LogP contribution is 2.39. The third kappa shape index (κ3) is 6.98. The van der Waals surface area contributed by atoms with Gasteiger partial charge in [0.1, 0.15) is 24.1 Å². The molecule has 0 aliphatic carbocycles. The number of ether oxygens (including phenoxy) is 5. The summed E-state index contributed by atoms with van der Waals surface area (Å²) in [6.45, 7) is 4.02. The molecule has 0 saturated carbocycles. The van der Waals surface area contributed by atoms with Gasteiger partial charge in [-0.05, 0) is 73.0 Å². The number of carbonyl (C=O) groups is 2. The fourth-order valence-electron chi connectivity index (χ4n) is 5.47. The molecule has 0 radical (unpaired) electrons. The number of hydrogen-bond donors (Lipinski definition) is 1. The Morgan fingerprint density at radius 1 is 0.958 bits per heavy atom. The second-order valence-electron chi connectivity index (χ2n) is 10.7. The number of aromatic carboxylic acids is 1. The first-order valence-electron chi connectivity index (χ1n) is 15.3. The van der Waals surface area contributed by atoms with E-state index in [1.807, 2.05) is 6.92 Å². The van der Waals surface area contributed by atoms with Gasteiger partial charge in [-0.15, -0.1) is 0 Å². The molecule has 0 fully saturated rings. The van der Waals surface area contributed by atoms with Gasteiger partial charge < -0.3 is 28.8 Å². The van der Waals surface area contributed by atoms with Crippen LogP contribution in [0.4, 0.5) is 0 Å². The fraction of sp³-hybridized carbons (Fsp3) is 0.278. The van der Waals surface area contributed by atoms with E-state index in [1.54, 1.807) is 74.7 Å². The van der Waals surface area contributed by atoms with Gasteiger partial charge in [0.2, 0.25) is 0 Å². The van der Waals surface area contributed by atoms with Crippen LogP contribution in [0.3, 0.4) is 0 Å². The summed E-state index contributed by atoms with van der Waals surface area (Å²) in [5, 5.41) is 9.29. The Bertz CT molecular complexity index is 2060. The van der Waals surface area contributed by atoms with Gasteiger partial charge in [-0.3, -0.25) is 9.36 Å². The number of aromatic nitrogens is 1. The maximum Gasteiger partial charge on any atom is 0.338 e. The van der Waals surface area contributed by atoms with E-state index >= 15 is 0 Å². The van der Waals surface area contributed by atoms with E-state index in [1.165, 1.54) is 36.2 Å². The predicted octanol–water partition coefficient (Wildman–Crippen LogP) is 4.88. The van der Waals surface area contributed by atoms with Gasteiger partial charge in [-0.25, -0.2) is 14.6 Å². The van der Waals surface area contributed by atoms with Crippen LogP contribution < -0.4 is 33.8 Å². The van der Waals surface area contributed by atoms with Crippen LogP contribution >= 0.6 is 11.3 Å². The van der Waals surface area contributed by atoms with Gasteiger partial charge in [0.25, 0.3) is 5.56 Å². The Kier molecular flexibility index (Phi) is 10.6. The Morgan fingerprint density at radius 2 is 1.73 bits per heavy atom. The normalized spacial score (nSPS) is 14.2. The van der Waals surface area contributed by atoms with Crippen molar-refractivity contribution in [1.82, 2.24) is 4.57 Å². The standard InChI is InChI=1S/C36H36N2O9S/c1-6-9-26-31(35(42)46-7-2)32(25-19-24(43-3)13-15-27(25)44-4)38-33(39)30(48-36(38)37-26)18-21-12-14-28(29(17-21)45-5)47-20-22-10-8-11-23(16-22)34(40)41/h8,10-19,32H,6-7,9,20H2,1-5H3,(H,40,41)/b30-18-/t32-/m1/s1. The lowest BCUT2D eigenvalue weighted by Crippen LogP contribution is -2.40. The summed E-state index contributed by atoms with van der Waals surface area (Å²) in [6.07, 6.45) is 2.96. The first kappa shape index (κ1) is 34.0. The van der Waals surface area contributed by atoms with Crippen LogP contribution in [-0.4, -0.2) is 49.5 Å². The summed E-state index contributed by atoms with van der Waals surface area (Å²) >= 11 is 1.21. The fourth-order valence-corrected chi connectivity index (χ4v) is 6.49. The van der Waals surface area contributed by atoms with Crippen molar-refractivity contribution in [3.63, 3.8) is 0 Å². The summed E-state index contributed by atoms with van der Waals surface area (Å²) in [7, 11) is 4.59. The number of nitrogens with zero attached hydrogens (tertiary/aromatic N) is 2. The number of esters is 1. The predicted molar refractivity (Wildman–Crippen MR) is 180 cm³/mol. The van der Waals surface area contributed by atoms with Gasteiger partial charge in [0.15, 0.2) is 16.3 Å². The average molecular weight is 673 g/mol. The number of fused-ring (bicyclic) bond motifs is 1. The lowest BCUT2D eigenvalue weighted by Gasteiger charge is -2.27. The van der Waals surface area contributed by atoms with E-state index in [0.29, 0.717) is 61.1 Å². The minimum atomic E-state index is -1.02. The number of carboxylic acids is 1. The number of thiazole rings is 1. The number of benzene rings is 3. The molecule has 250 valence electrons. The second kappa shape index (κ2) is 15.0. The van der Waals surface area contributed by atoms with Crippen LogP contribution in [0.2, 0.25) is 0 Å². The Balaban J connectivity index is 1.60. The number of carboxylic acid groups (broad SMARTS) is 1. The molecule has 1 atom stereocenters. The molecule has 0 spiro atoms. The van der Waals surface area contributed by atoms with Gasteiger partial charge in [-0.1, -0.05) is 42.9 Å². The first-order valence-corrected chi connectivity index (χ1v) is 16.1. The molecule has 5 rings (SSSR count). The molecule has 12 heteroatoms. The average Bonchev–Trinajstić information content (AvgIpc) is 3.40. The molecule has 0 saturated heterocycles. The number of rotatable bonds is 13. The lowest BCUT2D eigenvalue weighted by atomic mass is 9.93. The zero-order valence-corrected chi connectivity index (χ0v) is 28.1. The van der Waals surface area contributed by atoms with Crippen molar-refractivity contribution in [1.29, 1.82) is 0 Å². The van der Waals surface area contributed by atoms with Crippen LogP contribution in [0.5, 0.6) is 23.0 Å². The molecule has 0 unspecified atom stereocenters. The first-order chi connectivity index (χ1) is 23.2. The lowest BCUT2D eigenvalue weighted by molar-refractivity contribution is -0.139. The van der Waals surface area contributed by atoms with Crippen molar-refractivity contribution >= 4 is 29.4 Å². The largest absolute Gasteiger partial charge is 0.497 e. The van der Waals surface area contributed by atoms with Gasteiger partial charge >= 0.3 is 11.9 Å². The number of methoxy groups -OCH3 is 3. The number of hydrogen-bond acceptors (Lipinski definition) is 10. The summed E-state index contributed by atoms with van der Waals surface area (Å²) < 4.78 is 30.2. The molecule has 1 aromatic heterocycles. The third-order valence-electron chi connectivity index (χ3n) is 7.68. The van der Waals surface area contributed by atoms with Crippen LogP contribution in [0, 0.1) is 0 Å². The van der Waals surface area contributed by atoms with Crippen LogP contribution in [0.1, 0.15) is 59.8 Å². The summed E-state index contributed by atoms with van der Waals surface area (Å²) in [6, 6.07) is 16.1. The molecule has 48 heavy (non-hydrogen) atoms. The number of allylic oxidation sites excluding steroid dienone is 1. The molecule has 4 aromatic rings. The molecular weight excluding hydrogens is 636 g/mol. The molecule has 11 nitrogen and oxygen atoms in total. The Morgan fingerprint density at radius 3 is 2.42 bits per heavy atom. The highest BCUT2D eigenvalue weighted by atomic mass is 32.1. The third-order valence-corrected chi connectivity index (χ3v) is 8.66. The summed E-state index contributed by atoms with van der Waals surface area (Å²) in [5.41, 5.74) is 2.58.